The third-order valence-corrected chi connectivity index (χ3v) is 2.24. The molecule has 1 aromatic rings. The second-order valence-electron chi connectivity index (χ2n) is 3.36. The van der Waals surface area contributed by atoms with Crippen LogP contribution in [0.2, 0.25) is 0 Å². The molecule has 4 nitrogen and oxygen atoms in total. The Kier molecular flexibility index (Phi) is 1.84. The second-order valence-corrected chi connectivity index (χ2v) is 3.36. The number of hydrogen-bond donors (Lipinski definition) is 1. The lowest BCUT2D eigenvalue weighted by atomic mass is 10.2. The number of fused-ring (bicyclic) bond motifs is 1. The zero-order valence-corrected chi connectivity index (χ0v) is 7.87. The number of hydrogen-bond acceptors (Lipinski definition) is 4. The first kappa shape index (κ1) is 8.31. The van der Waals surface area contributed by atoms with Crippen molar-refractivity contribution < 1.29 is 4.74 Å². The topological polar surface area (TPSA) is 51.4 Å². The van der Waals surface area contributed by atoms with Gasteiger partial charge in [-0.1, -0.05) is 0 Å². The van der Waals surface area contributed by atoms with E-state index < -0.39 is 0 Å². The Morgan fingerprint density at radius 1 is 1.54 bits per heavy atom. The number of rotatable bonds is 1. The van der Waals surface area contributed by atoms with Crippen molar-refractivity contribution >= 4 is 5.69 Å². The molecule has 2 rings (SSSR count). The van der Waals surface area contributed by atoms with E-state index in [1.165, 1.54) is 5.56 Å². The molecule has 4 heteroatoms. The maximum absolute atomic E-state index is 5.74. The summed E-state index contributed by atoms with van der Waals surface area (Å²) < 4.78 is 5.05. The van der Waals surface area contributed by atoms with Gasteiger partial charge in [0.05, 0.1) is 18.5 Å². The van der Waals surface area contributed by atoms with Crippen molar-refractivity contribution in [2.75, 3.05) is 19.9 Å². The summed E-state index contributed by atoms with van der Waals surface area (Å²) >= 11 is 0. The minimum atomic E-state index is 0.536. The van der Waals surface area contributed by atoms with E-state index in [2.05, 4.69) is 16.9 Å². The second kappa shape index (κ2) is 2.88. The summed E-state index contributed by atoms with van der Waals surface area (Å²) in [6.45, 7) is 1.81. The zero-order valence-electron chi connectivity index (χ0n) is 7.87. The highest BCUT2D eigenvalue weighted by atomic mass is 16.5. The summed E-state index contributed by atoms with van der Waals surface area (Å²) in [5.74, 6) is 0.536. The van der Waals surface area contributed by atoms with Crippen LogP contribution in [0.5, 0.6) is 5.88 Å². The molecule has 0 radical (unpaired) electrons. The van der Waals surface area contributed by atoms with E-state index in [0.29, 0.717) is 11.6 Å². The number of anilines is 1. The van der Waals surface area contributed by atoms with Gasteiger partial charge in [-0.3, -0.25) is 4.90 Å². The van der Waals surface area contributed by atoms with Gasteiger partial charge in [0.15, 0.2) is 0 Å². The van der Waals surface area contributed by atoms with Gasteiger partial charge in [-0.2, -0.15) is 0 Å². The van der Waals surface area contributed by atoms with Crippen LogP contribution in [0.1, 0.15) is 11.3 Å². The van der Waals surface area contributed by atoms with Crippen LogP contribution in [0.4, 0.5) is 5.69 Å². The third kappa shape index (κ3) is 1.33. The van der Waals surface area contributed by atoms with E-state index in [0.717, 1.165) is 18.8 Å². The molecule has 0 amide bonds. The van der Waals surface area contributed by atoms with Gasteiger partial charge in [-0.15, -0.1) is 0 Å². The molecule has 70 valence electrons. The van der Waals surface area contributed by atoms with Gasteiger partial charge in [0.25, 0.3) is 0 Å². The Labute approximate surface area is 77.3 Å². The van der Waals surface area contributed by atoms with Gasteiger partial charge in [0, 0.05) is 13.1 Å². The Hall–Kier alpha value is -1.29. The Bertz CT molecular complexity index is 338. The summed E-state index contributed by atoms with van der Waals surface area (Å²) in [6.07, 6.45) is 0. The summed E-state index contributed by atoms with van der Waals surface area (Å²) in [4.78, 5) is 6.52. The van der Waals surface area contributed by atoms with Crippen molar-refractivity contribution in [2.45, 2.75) is 13.1 Å². The van der Waals surface area contributed by atoms with Crippen LogP contribution in [-0.2, 0) is 13.1 Å². The molecule has 1 aliphatic rings. The van der Waals surface area contributed by atoms with E-state index in [1.807, 2.05) is 6.07 Å². The van der Waals surface area contributed by atoms with Crippen molar-refractivity contribution in [1.82, 2.24) is 9.88 Å². The fraction of sp³-hybridized carbons (Fsp3) is 0.444. The standard InChI is InChI=1S/C9H13N3O/c1-12-4-6-3-7(10)9(13-2)11-8(6)5-12/h3H,4-5,10H2,1-2H3. The van der Waals surface area contributed by atoms with Gasteiger partial charge in [-0.25, -0.2) is 4.98 Å². The number of nitrogen functional groups attached to an aromatic ring is 1. The molecule has 13 heavy (non-hydrogen) atoms. The predicted molar refractivity (Wildman–Crippen MR) is 50.4 cm³/mol. The van der Waals surface area contributed by atoms with Gasteiger partial charge in [0.1, 0.15) is 0 Å². The molecular weight excluding hydrogens is 166 g/mol. The first-order valence-corrected chi connectivity index (χ1v) is 4.21. The fourth-order valence-corrected chi connectivity index (χ4v) is 1.63. The van der Waals surface area contributed by atoms with Crippen LogP contribution in [0, 0.1) is 0 Å². The van der Waals surface area contributed by atoms with Crippen LogP contribution < -0.4 is 10.5 Å². The summed E-state index contributed by atoms with van der Waals surface area (Å²) in [6, 6.07) is 1.95. The highest BCUT2D eigenvalue weighted by Gasteiger charge is 2.19. The maximum atomic E-state index is 5.74. The molecule has 2 heterocycles. The Morgan fingerprint density at radius 3 is 3.00 bits per heavy atom. The van der Waals surface area contributed by atoms with Gasteiger partial charge in [-0.05, 0) is 18.7 Å². The Morgan fingerprint density at radius 2 is 2.31 bits per heavy atom. The van der Waals surface area contributed by atoms with Crippen LogP contribution in [0.3, 0.4) is 0 Å². The van der Waals surface area contributed by atoms with Gasteiger partial charge < -0.3 is 10.5 Å². The van der Waals surface area contributed by atoms with Gasteiger partial charge >= 0.3 is 0 Å². The largest absolute Gasteiger partial charge is 0.480 e. The lowest BCUT2D eigenvalue weighted by molar-refractivity contribution is 0.349. The molecule has 0 aliphatic carbocycles. The smallest absolute Gasteiger partial charge is 0.237 e. The quantitative estimate of drug-likeness (QED) is 0.686. The van der Waals surface area contributed by atoms with Crippen molar-refractivity contribution in [1.29, 1.82) is 0 Å². The van der Waals surface area contributed by atoms with E-state index >= 15 is 0 Å². The summed E-state index contributed by atoms with van der Waals surface area (Å²) in [5, 5.41) is 0. The molecule has 0 atom stereocenters. The molecule has 0 unspecified atom stereocenters. The van der Waals surface area contributed by atoms with Crippen molar-refractivity contribution in [3.05, 3.63) is 17.3 Å². The molecule has 1 aromatic heterocycles. The number of aromatic nitrogens is 1. The Balaban J connectivity index is 2.44. The van der Waals surface area contributed by atoms with E-state index in [1.54, 1.807) is 7.11 Å². The normalized spacial score (nSPS) is 15.8. The maximum Gasteiger partial charge on any atom is 0.237 e. The molecule has 0 saturated carbocycles. The van der Waals surface area contributed by atoms with E-state index in [9.17, 15) is 0 Å². The molecule has 0 fully saturated rings. The summed E-state index contributed by atoms with van der Waals surface area (Å²) in [5.41, 5.74) is 8.65. The summed E-state index contributed by atoms with van der Waals surface area (Å²) in [7, 11) is 3.65. The van der Waals surface area contributed by atoms with Gasteiger partial charge in [0.2, 0.25) is 5.88 Å². The lowest BCUT2D eigenvalue weighted by Gasteiger charge is -2.04. The highest BCUT2D eigenvalue weighted by Crippen LogP contribution is 2.27. The molecule has 0 saturated heterocycles. The number of nitrogens with zero attached hydrogens (tertiary/aromatic N) is 2. The highest BCUT2D eigenvalue weighted by molar-refractivity contribution is 5.52. The SMILES string of the molecule is COc1nc2c(cc1N)CN(C)C2. The van der Waals surface area contributed by atoms with Crippen LogP contribution in [0.15, 0.2) is 6.07 Å². The average Bonchev–Trinajstić information content (AvgIpc) is 2.42. The lowest BCUT2D eigenvalue weighted by Crippen LogP contribution is -2.07. The average molecular weight is 179 g/mol. The van der Waals surface area contributed by atoms with Crippen LogP contribution in [-0.4, -0.2) is 24.0 Å². The fourth-order valence-electron chi connectivity index (χ4n) is 1.63. The number of methoxy groups -OCH3 is 1. The van der Waals surface area contributed by atoms with E-state index in [4.69, 9.17) is 10.5 Å². The number of pyridine rings is 1. The first-order chi connectivity index (χ1) is 6.20. The molecule has 1 aliphatic heterocycles. The monoisotopic (exact) mass is 179 g/mol. The van der Waals surface area contributed by atoms with Crippen molar-refractivity contribution in [3.63, 3.8) is 0 Å². The van der Waals surface area contributed by atoms with Crippen LogP contribution in [0.25, 0.3) is 0 Å². The minimum absolute atomic E-state index is 0.536. The molecule has 2 N–H and O–H groups in total. The third-order valence-electron chi connectivity index (χ3n) is 2.24. The molecular formula is C9H13N3O. The van der Waals surface area contributed by atoms with Crippen molar-refractivity contribution in [2.24, 2.45) is 0 Å². The minimum Gasteiger partial charge on any atom is -0.480 e. The van der Waals surface area contributed by atoms with Crippen LogP contribution >= 0.6 is 0 Å². The molecule has 0 bridgehead atoms. The number of ether oxygens (including phenoxy) is 1. The first-order valence-electron chi connectivity index (χ1n) is 4.21. The van der Waals surface area contributed by atoms with E-state index in [-0.39, 0.29) is 0 Å². The molecule has 0 spiro atoms. The predicted octanol–water partition coefficient (Wildman–Crippen LogP) is 0.618. The zero-order chi connectivity index (χ0) is 9.42. The molecule has 0 aromatic carbocycles. The number of nitrogens with two attached hydrogens (primary N) is 1. The van der Waals surface area contributed by atoms with Crippen molar-refractivity contribution in [3.8, 4) is 5.88 Å².